The highest BCUT2D eigenvalue weighted by Crippen LogP contribution is 2.38. The molecule has 1 aliphatic rings. The molecule has 4 rings (SSSR count). The van der Waals surface area contributed by atoms with Gasteiger partial charge in [0.1, 0.15) is 11.9 Å². The summed E-state index contributed by atoms with van der Waals surface area (Å²) < 4.78 is 1.61. The molecule has 0 saturated heterocycles. The molecule has 0 saturated carbocycles. The summed E-state index contributed by atoms with van der Waals surface area (Å²) in [7, 11) is 0. The van der Waals surface area contributed by atoms with E-state index >= 15 is 0 Å². The first-order chi connectivity index (χ1) is 13.8. The van der Waals surface area contributed by atoms with Gasteiger partial charge in [-0.15, -0.1) is 0 Å². The molecule has 2 heterocycles. The van der Waals surface area contributed by atoms with Crippen LogP contribution in [0.5, 0.6) is 0 Å². The van der Waals surface area contributed by atoms with E-state index in [0.717, 1.165) is 33.6 Å². The third-order valence-electron chi connectivity index (χ3n) is 5.08. The average Bonchev–Trinajstić information content (AvgIpc) is 3.12. The van der Waals surface area contributed by atoms with Crippen molar-refractivity contribution in [1.82, 2.24) is 9.78 Å². The van der Waals surface area contributed by atoms with E-state index in [2.05, 4.69) is 15.7 Å². The molecule has 2 aromatic carbocycles. The molecule has 0 bridgehead atoms. The molecule has 0 spiro atoms. The minimum atomic E-state index is -0.693. The van der Waals surface area contributed by atoms with Crippen molar-refractivity contribution in [2.24, 2.45) is 0 Å². The predicted molar refractivity (Wildman–Crippen MR) is 114 cm³/mol. The molecule has 3 aromatic rings. The second kappa shape index (κ2) is 7.37. The first-order valence-electron chi connectivity index (χ1n) is 9.36. The van der Waals surface area contributed by atoms with Gasteiger partial charge in [0.15, 0.2) is 0 Å². The number of rotatable bonds is 4. The Kier molecular flexibility index (Phi) is 4.88. The van der Waals surface area contributed by atoms with Gasteiger partial charge in [-0.25, -0.2) is 4.68 Å². The van der Waals surface area contributed by atoms with Crippen molar-refractivity contribution in [2.45, 2.75) is 33.2 Å². The van der Waals surface area contributed by atoms with Gasteiger partial charge in [0.05, 0.1) is 12.1 Å². The van der Waals surface area contributed by atoms with Crippen LogP contribution < -0.4 is 10.6 Å². The Morgan fingerprint density at radius 3 is 2.76 bits per heavy atom. The molecule has 2 amide bonds. The Hall–Kier alpha value is -3.12. The van der Waals surface area contributed by atoms with Crippen molar-refractivity contribution in [1.29, 1.82) is 0 Å². The molecular weight excluding hydrogens is 388 g/mol. The fraction of sp³-hybridized carbons (Fsp3) is 0.227. The monoisotopic (exact) mass is 408 g/mol. The maximum absolute atomic E-state index is 12.6. The summed E-state index contributed by atoms with van der Waals surface area (Å²) in [6.07, 6.45) is 0.00230. The Labute approximate surface area is 173 Å². The number of aryl methyl sites for hydroxylation is 3. The first kappa shape index (κ1) is 19.2. The summed E-state index contributed by atoms with van der Waals surface area (Å²) >= 11 is 6.12. The van der Waals surface area contributed by atoms with Crippen molar-refractivity contribution in [3.63, 3.8) is 0 Å². The van der Waals surface area contributed by atoms with Gasteiger partial charge in [0.25, 0.3) is 5.91 Å². The van der Waals surface area contributed by atoms with Crippen LogP contribution in [0, 0.1) is 20.8 Å². The van der Waals surface area contributed by atoms with Crippen molar-refractivity contribution in [3.05, 3.63) is 64.3 Å². The second-order valence-electron chi connectivity index (χ2n) is 7.34. The first-order valence-corrected chi connectivity index (χ1v) is 9.74. The van der Waals surface area contributed by atoms with Gasteiger partial charge in [-0.3, -0.25) is 9.59 Å². The zero-order chi connectivity index (χ0) is 20.7. The third kappa shape index (κ3) is 3.63. The minimum Gasteiger partial charge on any atom is -0.326 e. The number of halogens is 1. The van der Waals surface area contributed by atoms with Gasteiger partial charge < -0.3 is 10.6 Å². The van der Waals surface area contributed by atoms with E-state index in [1.165, 1.54) is 0 Å². The largest absolute Gasteiger partial charge is 0.326 e. The molecule has 29 heavy (non-hydrogen) atoms. The summed E-state index contributed by atoms with van der Waals surface area (Å²) in [5.74, 6) is 0.121. The van der Waals surface area contributed by atoms with Crippen LogP contribution in [0.4, 0.5) is 11.5 Å². The van der Waals surface area contributed by atoms with Crippen LogP contribution >= 0.6 is 11.6 Å². The zero-order valence-electron chi connectivity index (χ0n) is 16.4. The van der Waals surface area contributed by atoms with E-state index in [0.29, 0.717) is 10.8 Å². The summed E-state index contributed by atoms with van der Waals surface area (Å²) in [4.78, 5) is 25.2. The highest BCUT2D eigenvalue weighted by molar-refractivity contribution is 6.30. The number of aromatic nitrogens is 2. The molecule has 7 heteroatoms. The Balaban J connectivity index is 1.60. The fourth-order valence-electron chi connectivity index (χ4n) is 3.62. The summed E-state index contributed by atoms with van der Waals surface area (Å²) in [6, 6.07) is 12.6. The molecule has 0 aliphatic carbocycles. The van der Waals surface area contributed by atoms with Gasteiger partial charge in [0.2, 0.25) is 5.91 Å². The lowest BCUT2D eigenvalue weighted by molar-refractivity contribution is -0.123. The topological polar surface area (TPSA) is 76.0 Å². The van der Waals surface area contributed by atoms with Crippen LogP contribution in [0.2, 0.25) is 5.02 Å². The third-order valence-corrected chi connectivity index (χ3v) is 5.32. The molecule has 2 N–H and O–H groups in total. The van der Waals surface area contributed by atoms with E-state index in [1.807, 2.05) is 57.2 Å². The van der Waals surface area contributed by atoms with Crippen LogP contribution in [-0.2, 0) is 9.59 Å². The van der Waals surface area contributed by atoms with Gasteiger partial charge in [-0.2, -0.15) is 5.10 Å². The van der Waals surface area contributed by atoms with Crippen LogP contribution in [-0.4, -0.2) is 21.6 Å². The van der Waals surface area contributed by atoms with Gasteiger partial charge >= 0.3 is 0 Å². The molecule has 1 aliphatic heterocycles. The Bertz CT molecular complexity index is 1140. The number of benzene rings is 2. The summed E-state index contributed by atoms with van der Waals surface area (Å²) in [5.41, 5.74) is 5.24. The lowest BCUT2D eigenvalue weighted by Gasteiger charge is -2.12. The normalized spacial score (nSPS) is 15.2. The van der Waals surface area contributed by atoms with E-state index in [-0.39, 0.29) is 18.2 Å². The van der Waals surface area contributed by atoms with Gasteiger partial charge in [-0.1, -0.05) is 35.9 Å². The van der Waals surface area contributed by atoms with Crippen LogP contribution in [0.1, 0.15) is 29.3 Å². The number of hydrogen-bond acceptors (Lipinski definition) is 3. The number of fused-ring (bicyclic) bond motifs is 1. The summed E-state index contributed by atoms with van der Waals surface area (Å²) in [6.45, 7) is 5.78. The minimum absolute atomic E-state index is 0.00230. The van der Waals surface area contributed by atoms with E-state index in [4.69, 9.17) is 11.6 Å². The van der Waals surface area contributed by atoms with Gasteiger partial charge in [0, 0.05) is 16.3 Å². The number of hydrogen-bond donors (Lipinski definition) is 2. The zero-order valence-corrected chi connectivity index (χ0v) is 17.2. The number of amides is 2. The maximum atomic E-state index is 12.6. The highest BCUT2D eigenvalue weighted by Gasteiger charge is 2.36. The summed E-state index contributed by atoms with van der Waals surface area (Å²) in [5, 5.41) is 10.9. The maximum Gasteiger partial charge on any atom is 0.251 e. The fourth-order valence-corrected chi connectivity index (χ4v) is 3.81. The van der Waals surface area contributed by atoms with Crippen LogP contribution in [0.3, 0.4) is 0 Å². The van der Waals surface area contributed by atoms with E-state index in [9.17, 15) is 9.59 Å². The standard InChI is InChI=1S/C22H21ClN4O2/c1-12-7-8-13(2)17(9-12)24-19(28)11-18-22(29)25-21-20(14(3)26-27(18)21)15-5-4-6-16(23)10-15/h4-10,18H,11H2,1-3H3,(H,24,28)(H,25,29). The molecular formula is C22H21ClN4O2. The SMILES string of the molecule is Cc1ccc(C)c(NC(=O)CC2C(=O)Nc3c(-c4cccc(Cl)c4)c(C)nn32)c1. The molecule has 1 aromatic heterocycles. The Morgan fingerprint density at radius 2 is 2.00 bits per heavy atom. The second-order valence-corrected chi connectivity index (χ2v) is 7.78. The highest BCUT2D eigenvalue weighted by atomic mass is 35.5. The van der Waals surface area contributed by atoms with Crippen molar-refractivity contribution in [2.75, 3.05) is 10.6 Å². The average molecular weight is 409 g/mol. The number of nitrogens with zero attached hydrogens (tertiary/aromatic N) is 2. The van der Waals surface area contributed by atoms with E-state index < -0.39 is 6.04 Å². The van der Waals surface area contributed by atoms with Crippen molar-refractivity contribution >= 4 is 34.9 Å². The molecule has 0 radical (unpaired) electrons. The molecule has 148 valence electrons. The van der Waals surface area contributed by atoms with Crippen LogP contribution in [0.15, 0.2) is 42.5 Å². The molecule has 1 unspecified atom stereocenters. The number of anilines is 2. The van der Waals surface area contributed by atoms with Crippen LogP contribution in [0.25, 0.3) is 11.1 Å². The van der Waals surface area contributed by atoms with Gasteiger partial charge in [-0.05, 0) is 55.7 Å². The van der Waals surface area contributed by atoms with Crippen molar-refractivity contribution < 1.29 is 9.59 Å². The Morgan fingerprint density at radius 1 is 1.21 bits per heavy atom. The predicted octanol–water partition coefficient (Wildman–Crippen LogP) is 4.65. The number of nitrogens with one attached hydrogen (secondary N) is 2. The quantitative estimate of drug-likeness (QED) is 0.659. The lowest BCUT2D eigenvalue weighted by atomic mass is 10.1. The lowest BCUT2D eigenvalue weighted by Crippen LogP contribution is -2.24. The number of carbonyl (C=O) groups excluding carboxylic acids is 2. The molecule has 0 fully saturated rings. The van der Waals surface area contributed by atoms with Crippen molar-refractivity contribution in [3.8, 4) is 11.1 Å². The van der Waals surface area contributed by atoms with E-state index in [1.54, 1.807) is 10.7 Å². The number of carbonyl (C=O) groups is 2. The molecule has 1 atom stereocenters. The molecule has 6 nitrogen and oxygen atoms in total. The smallest absolute Gasteiger partial charge is 0.251 e.